The summed E-state index contributed by atoms with van der Waals surface area (Å²) in [5.74, 6) is -0.437. The Kier molecular flexibility index (Phi) is 14.0. The molecule has 1 unspecified atom stereocenters. The Hall–Kier alpha value is -4.11. The zero-order valence-electron chi connectivity index (χ0n) is 24.9. The molecular weight excluding hydrogens is 573 g/mol. The lowest BCUT2D eigenvalue weighted by Gasteiger charge is -2.20. The molecule has 0 heterocycles. The smallest absolute Gasteiger partial charge is 0.414 e. The number of halogens is 3. The minimum absolute atomic E-state index is 0.00883. The fraction of sp³-hybridized carbons (Fsp3) is 0.371. The van der Waals surface area contributed by atoms with Crippen LogP contribution in [0.15, 0.2) is 85.5 Å². The van der Waals surface area contributed by atoms with Gasteiger partial charge in [0.25, 0.3) is 0 Å². The van der Waals surface area contributed by atoms with Gasteiger partial charge < -0.3 is 18.9 Å². The van der Waals surface area contributed by atoms with Crippen LogP contribution < -0.4 is 9.47 Å². The number of benzene rings is 3. The first-order chi connectivity index (χ1) is 21.2. The van der Waals surface area contributed by atoms with Gasteiger partial charge in [-0.1, -0.05) is 75.9 Å². The summed E-state index contributed by atoms with van der Waals surface area (Å²) in [5, 5.41) is 0. The maximum Gasteiger partial charge on any atom is 0.414 e. The first-order valence-corrected chi connectivity index (χ1v) is 14.8. The standard InChI is InChI=1S/C35H39F3O6/c1-3-5-6-7-8-9-24-42-32(35(36,37)38)22-25-43-33(39)28-16-20-31(21-17-28)44-34(40)29-12-10-26(11-13-29)27-14-18-30(19-15-27)41-23-4-2/h4,10-21,32H,2-3,5-9,22-25H2,1H3. The van der Waals surface area contributed by atoms with Crippen LogP contribution in [0.4, 0.5) is 13.2 Å². The number of hydrogen-bond donors (Lipinski definition) is 0. The first kappa shape index (κ1) is 34.4. The van der Waals surface area contributed by atoms with Crippen LogP contribution in [0, 0.1) is 0 Å². The van der Waals surface area contributed by atoms with E-state index in [-0.39, 0.29) is 17.9 Å². The Bertz CT molecular complexity index is 1300. The number of hydrogen-bond acceptors (Lipinski definition) is 6. The van der Waals surface area contributed by atoms with E-state index in [0.29, 0.717) is 18.6 Å². The van der Waals surface area contributed by atoms with E-state index in [1.54, 1.807) is 30.3 Å². The van der Waals surface area contributed by atoms with Gasteiger partial charge in [0.05, 0.1) is 17.7 Å². The fourth-order valence-electron chi connectivity index (χ4n) is 4.31. The molecule has 0 aromatic heterocycles. The maximum atomic E-state index is 13.3. The molecule has 44 heavy (non-hydrogen) atoms. The van der Waals surface area contributed by atoms with Crippen LogP contribution >= 0.6 is 0 Å². The van der Waals surface area contributed by atoms with Crippen molar-refractivity contribution >= 4 is 11.9 Å². The summed E-state index contributed by atoms with van der Waals surface area (Å²) in [6.07, 6.45) is 0.263. The highest BCUT2D eigenvalue weighted by Crippen LogP contribution is 2.26. The lowest BCUT2D eigenvalue weighted by atomic mass is 10.0. The summed E-state index contributed by atoms with van der Waals surface area (Å²) in [6, 6.07) is 20.0. The molecule has 0 N–H and O–H groups in total. The van der Waals surface area contributed by atoms with Gasteiger partial charge in [0, 0.05) is 13.0 Å². The number of ether oxygens (including phenoxy) is 4. The topological polar surface area (TPSA) is 71.1 Å². The molecule has 0 aliphatic carbocycles. The molecule has 0 aliphatic heterocycles. The van der Waals surface area contributed by atoms with E-state index in [1.165, 1.54) is 24.3 Å². The number of esters is 2. The highest BCUT2D eigenvalue weighted by molar-refractivity contribution is 5.92. The molecule has 0 radical (unpaired) electrons. The molecule has 9 heteroatoms. The summed E-state index contributed by atoms with van der Waals surface area (Å²) in [7, 11) is 0. The van der Waals surface area contributed by atoms with Crippen molar-refractivity contribution in [3.8, 4) is 22.6 Å². The average Bonchev–Trinajstić information content (AvgIpc) is 3.02. The molecule has 0 saturated heterocycles. The van der Waals surface area contributed by atoms with Crippen LogP contribution in [-0.2, 0) is 9.47 Å². The van der Waals surface area contributed by atoms with Gasteiger partial charge in [-0.25, -0.2) is 9.59 Å². The monoisotopic (exact) mass is 612 g/mol. The predicted octanol–water partition coefficient (Wildman–Crippen LogP) is 8.99. The third kappa shape index (κ3) is 11.5. The van der Waals surface area contributed by atoms with Gasteiger partial charge in [-0.2, -0.15) is 13.2 Å². The Morgan fingerprint density at radius 3 is 1.91 bits per heavy atom. The van der Waals surface area contributed by atoms with Crippen LogP contribution in [0.3, 0.4) is 0 Å². The van der Waals surface area contributed by atoms with Crippen molar-refractivity contribution in [1.29, 1.82) is 0 Å². The summed E-state index contributed by atoms with van der Waals surface area (Å²) in [4.78, 5) is 25.0. The van der Waals surface area contributed by atoms with Crippen LogP contribution in [0.25, 0.3) is 11.1 Å². The average molecular weight is 613 g/mol. The highest BCUT2D eigenvalue weighted by Gasteiger charge is 2.40. The first-order valence-electron chi connectivity index (χ1n) is 14.8. The quantitative estimate of drug-likeness (QED) is 0.0618. The molecule has 3 rings (SSSR count). The van der Waals surface area contributed by atoms with E-state index in [0.717, 1.165) is 49.0 Å². The van der Waals surface area contributed by atoms with E-state index in [1.807, 2.05) is 24.3 Å². The molecule has 3 aromatic carbocycles. The van der Waals surface area contributed by atoms with Gasteiger partial charge in [0.2, 0.25) is 0 Å². The van der Waals surface area contributed by atoms with Crippen LogP contribution in [0.2, 0.25) is 0 Å². The summed E-state index contributed by atoms with van der Waals surface area (Å²) >= 11 is 0. The minimum Gasteiger partial charge on any atom is -0.490 e. The number of alkyl halides is 3. The molecule has 0 saturated carbocycles. The number of rotatable bonds is 18. The van der Waals surface area contributed by atoms with E-state index in [2.05, 4.69) is 13.5 Å². The van der Waals surface area contributed by atoms with Gasteiger partial charge in [0.1, 0.15) is 18.1 Å². The largest absolute Gasteiger partial charge is 0.490 e. The SMILES string of the molecule is C=CCOc1ccc(-c2ccc(C(=O)Oc3ccc(C(=O)OCCC(OCCCCCCCC)C(F)(F)F)cc3)cc2)cc1. The lowest BCUT2D eigenvalue weighted by molar-refractivity contribution is -0.224. The Morgan fingerprint density at radius 1 is 0.750 bits per heavy atom. The second kappa shape index (κ2) is 17.9. The minimum atomic E-state index is -4.55. The third-order valence-corrected chi connectivity index (χ3v) is 6.77. The number of carbonyl (C=O) groups is 2. The Morgan fingerprint density at radius 2 is 1.30 bits per heavy atom. The normalized spacial score (nSPS) is 11.9. The molecular formula is C35H39F3O6. The lowest BCUT2D eigenvalue weighted by Crippen LogP contribution is -2.33. The maximum absolute atomic E-state index is 13.3. The van der Waals surface area contributed by atoms with Gasteiger partial charge in [0.15, 0.2) is 6.10 Å². The summed E-state index contributed by atoms with van der Waals surface area (Å²) in [5.41, 5.74) is 2.31. The van der Waals surface area contributed by atoms with Crippen LogP contribution in [0.5, 0.6) is 11.5 Å². The van der Waals surface area contributed by atoms with Crippen molar-refractivity contribution in [3.63, 3.8) is 0 Å². The van der Waals surface area contributed by atoms with Crippen molar-refractivity contribution in [1.82, 2.24) is 0 Å². The van der Waals surface area contributed by atoms with E-state index >= 15 is 0 Å². The molecule has 0 aliphatic rings. The predicted molar refractivity (Wildman–Crippen MR) is 163 cm³/mol. The molecule has 1 atom stereocenters. The second-order valence-corrected chi connectivity index (χ2v) is 10.2. The molecule has 6 nitrogen and oxygen atoms in total. The number of carbonyl (C=O) groups excluding carboxylic acids is 2. The highest BCUT2D eigenvalue weighted by atomic mass is 19.4. The van der Waals surface area contributed by atoms with E-state index < -0.39 is 37.2 Å². The molecule has 0 bridgehead atoms. The molecule has 3 aromatic rings. The third-order valence-electron chi connectivity index (χ3n) is 6.77. The summed E-state index contributed by atoms with van der Waals surface area (Å²) in [6.45, 7) is 5.71. The van der Waals surface area contributed by atoms with Crippen LogP contribution in [-0.4, -0.2) is 44.0 Å². The summed E-state index contributed by atoms with van der Waals surface area (Å²) < 4.78 is 61.0. The van der Waals surface area contributed by atoms with Crippen LogP contribution in [0.1, 0.15) is 72.6 Å². The number of unbranched alkanes of at least 4 members (excludes halogenated alkanes) is 5. The molecule has 0 fully saturated rings. The molecule has 236 valence electrons. The van der Waals surface area contributed by atoms with Crippen molar-refractivity contribution < 1.29 is 41.7 Å². The fourth-order valence-corrected chi connectivity index (χ4v) is 4.31. The Balaban J connectivity index is 1.44. The van der Waals surface area contributed by atoms with Gasteiger partial charge in [-0.05, 0) is 66.1 Å². The van der Waals surface area contributed by atoms with E-state index in [4.69, 9.17) is 18.9 Å². The zero-order valence-corrected chi connectivity index (χ0v) is 24.9. The van der Waals surface area contributed by atoms with Gasteiger partial charge in [-0.3, -0.25) is 0 Å². The van der Waals surface area contributed by atoms with Gasteiger partial charge >= 0.3 is 18.1 Å². The second-order valence-electron chi connectivity index (χ2n) is 10.2. The van der Waals surface area contributed by atoms with E-state index in [9.17, 15) is 22.8 Å². The van der Waals surface area contributed by atoms with Crippen molar-refractivity contribution in [2.75, 3.05) is 19.8 Å². The zero-order chi connectivity index (χ0) is 31.8. The van der Waals surface area contributed by atoms with Crippen molar-refractivity contribution in [2.45, 2.75) is 64.1 Å². The van der Waals surface area contributed by atoms with Crippen molar-refractivity contribution in [2.24, 2.45) is 0 Å². The van der Waals surface area contributed by atoms with Gasteiger partial charge in [-0.15, -0.1) is 0 Å². The Labute approximate surface area is 256 Å². The van der Waals surface area contributed by atoms with Crippen molar-refractivity contribution in [3.05, 3.63) is 96.6 Å². The molecule has 0 spiro atoms. The molecule has 0 amide bonds.